The third kappa shape index (κ3) is 4.31. The van der Waals surface area contributed by atoms with Crippen LogP contribution in [0.25, 0.3) is 0 Å². The third-order valence-corrected chi connectivity index (χ3v) is 8.46. The molecule has 1 fully saturated rings. The number of carbonyl (C=O) groups excluding carboxylic acids is 1. The van der Waals surface area contributed by atoms with Gasteiger partial charge in [0.1, 0.15) is 5.75 Å². The van der Waals surface area contributed by atoms with E-state index < -0.39 is 10.0 Å². The van der Waals surface area contributed by atoms with Gasteiger partial charge in [-0.15, -0.1) is 11.3 Å². The van der Waals surface area contributed by atoms with E-state index in [2.05, 4.69) is 10.3 Å². The smallest absolute Gasteiger partial charge is 0.243 e. The Labute approximate surface area is 175 Å². The molecule has 0 spiro atoms. The lowest BCUT2D eigenvalue weighted by Crippen LogP contribution is -2.35. The number of anilines is 1. The Morgan fingerprint density at radius 1 is 1.21 bits per heavy atom. The minimum absolute atomic E-state index is 0.0403. The number of ether oxygens (including phenoxy) is 1. The second-order valence-electron chi connectivity index (χ2n) is 7.48. The molecule has 2 aromatic rings. The summed E-state index contributed by atoms with van der Waals surface area (Å²) in [7, 11) is -2.05. The fourth-order valence-corrected chi connectivity index (χ4v) is 6.42. The zero-order valence-electron chi connectivity index (χ0n) is 16.4. The van der Waals surface area contributed by atoms with Gasteiger partial charge in [0.2, 0.25) is 15.9 Å². The summed E-state index contributed by atoms with van der Waals surface area (Å²) in [5, 5.41) is 3.53. The van der Waals surface area contributed by atoms with Crippen LogP contribution < -0.4 is 10.1 Å². The van der Waals surface area contributed by atoms with Crippen molar-refractivity contribution >= 4 is 32.4 Å². The van der Waals surface area contributed by atoms with Crippen molar-refractivity contribution < 1.29 is 17.9 Å². The molecule has 2 aliphatic rings. The van der Waals surface area contributed by atoms with Crippen molar-refractivity contribution in [2.45, 2.75) is 50.0 Å². The molecule has 1 aromatic heterocycles. The molecular formula is C20H25N3O4S2. The molecule has 1 saturated carbocycles. The average Bonchev–Trinajstić information content (AvgIpc) is 3.15. The highest BCUT2D eigenvalue weighted by Gasteiger charge is 2.31. The SMILES string of the molecule is COc1ccc(S(=O)(=O)N2CCc3nc(NC(=O)C4CCCCC4)sc3C2)cc1. The summed E-state index contributed by atoms with van der Waals surface area (Å²) < 4.78 is 32.6. The van der Waals surface area contributed by atoms with E-state index in [-0.39, 0.29) is 23.3 Å². The Bertz CT molecular complexity index is 980. The molecule has 156 valence electrons. The number of hydrogen-bond donors (Lipinski definition) is 1. The highest BCUT2D eigenvalue weighted by atomic mass is 32.2. The molecular weight excluding hydrogens is 410 g/mol. The minimum atomic E-state index is -3.59. The summed E-state index contributed by atoms with van der Waals surface area (Å²) in [6, 6.07) is 6.42. The number of rotatable bonds is 5. The lowest BCUT2D eigenvalue weighted by atomic mass is 9.89. The number of hydrogen-bond acceptors (Lipinski definition) is 6. The summed E-state index contributed by atoms with van der Waals surface area (Å²) in [4.78, 5) is 18.2. The molecule has 0 bridgehead atoms. The molecule has 0 unspecified atom stereocenters. The van der Waals surface area contributed by atoms with Crippen molar-refractivity contribution in [3.63, 3.8) is 0 Å². The van der Waals surface area contributed by atoms with Crippen LogP contribution in [0.2, 0.25) is 0 Å². The number of carbonyl (C=O) groups is 1. The molecule has 0 saturated heterocycles. The van der Waals surface area contributed by atoms with Gasteiger partial charge in [-0.1, -0.05) is 19.3 Å². The number of methoxy groups -OCH3 is 1. The molecule has 1 aliphatic heterocycles. The Balaban J connectivity index is 1.46. The first-order valence-corrected chi connectivity index (χ1v) is 12.2. The first-order chi connectivity index (χ1) is 14.0. The van der Waals surface area contributed by atoms with Crippen LogP contribution in [0.4, 0.5) is 5.13 Å². The topological polar surface area (TPSA) is 88.6 Å². The van der Waals surface area contributed by atoms with E-state index in [9.17, 15) is 13.2 Å². The molecule has 4 rings (SSSR count). The second-order valence-corrected chi connectivity index (χ2v) is 10.5. The van der Waals surface area contributed by atoms with Crippen LogP contribution in [0, 0.1) is 5.92 Å². The highest BCUT2D eigenvalue weighted by Crippen LogP contribution is 2.32. The number of nitrogens with zero attached hydrogens (tertiary/aromatic N) is 2. The predicted molar refractivity (Wildman–Crippen MR) is 112 cm³/mol. The van der Waals surface area contributed by atoms with Gasteiger partial charge in [-0.25, -0.2) is 13.4 Å². The Morgan fingerprint density at radius 3 is 2.62 bits per heavy atom. The molecule has 1 aliphatic carbocycles. The van der Waals surface area contributed by atoms with Crippen molar-refractivity contribution in [2.75, 3.05) is 19.0 Å². The van der Waals surface area contributed by atoms with Gasteiger partial charge in [-0.3, -0.25) is 4.79 Å². The number of thiazole rings is 1. The van der Waals surface area contributed by atoms with Crippen LogP contribution in [0.1, 0.15) is 42.7 Å². The average molecular weight is 436 g/mol. The number of aromatic nitrogens is 1. The summed E-state index contributed by atoms with van der Waals surface area (Å²) in [6.45, 7) is 0.655. The lowest BCUT2D eigenvalue weighted by Gasteiger charge is -2.25. The first kappa shape index (κ1) is 20.3. The lowest BCUT2D eigenvalue weighted by molar-refractivity contribution is -0.120. The van der Waals surface area contributed by atoms with Gasteiger partial charge in [-0.2, -0.15) is 4.31 Å². The van der Waals surface area contributed by atoms with Crippen LogP contribution in [-0.4, -0.2) is 37.3 Å². The predicted octanol–water partition coefficient (Wildman–Crippen LogP) is 3.42. The Kier molecular flexibility index (Phi) is 5.89. The molecule has 1 amide bonds. The number of amides is 1. The van der Waals surface area contributed by atoms with E-state index in [0.29, 0.717) is 23.8 Å². The summed E-state index contributed by atoms with van der Waals surface area (Å²) >= 11 is 1.38. The first-order valence-electron chi connectivity index (χ1n) is 9.91. The largest absolute Gasteiger partial charge is 0.497 e. The summed E-state index contributed by atoms with van der Waals surface area (Å²) in [5.41, 5.74) is 0.884. The van der Waals surface area contributed by atoms with Gasteiger partial charge < -0.3 is 10.1 Å². The number of sulfonamides is 1. The van der Waals surface area contributed by atoms with Crippen molar-refractivity contribution in [1.29, 1.82) is 0 Å². The highest BCUT2D eigenvalue weighted by molar-refractivity contribution is 7.89. The maximum atomic E-state index is 13.0. The molecule has 0 atom stereocenters. The monoisotopic (exact) mass is 435 g/mol. The van der Waals surface area contributed by atoms with Gasteiger partial charge in [0.25, 0.3) is 0 Å². The second kappa shape index (κ2) is 8.41. The molecule has 7 nitrogen and oxygen atoms in total. The van der Waals surface area contributed by atoms with E-state index in [1.54, 1.807) is 31.4 Å². The van der Waals surface area contributed by atoms with Crippen LogP contribution in [0.15, 0.2) is 29.2 Å². The molecule has 29 heavy (non-hydrogen) atoms. The zero-order chi connectivity index (χ0) is 20.4. The van der Waals surface area contributed by atoms with Crippen molar-refractivity contribution in [3.8, 4) is 5.75 Å². The van der Waals surface area contributed by atoms with E-state index >= 15 is 0 Å². The Hall–Kier alpha value is -1.97. The van der Waals surface area contributed by atoms with Gasteiger partial charge in [-0.05, 0) is 37.1 Å². The molecule has 1 N–H and O–H groups in total. The molecule has 1 aromatic carbocycles. The van der Waals surface area contributed by atoms with Crippen LogP contribution in [-0.2, 0) is 27.8 Å². The van der Waals surface area contributed by atoms with Crippen LogP contribution in [0.5, 0.6) is 5.75 Å². The molecule has 0 radical (unpaired) electrons. The molecule has 2 heterocycles. The summed E-state index contributed by atoms with van der Waals surface area (Å²) in [5.74, 6) is 0.723. The number of benzene rings is 1. The Morgan fingerprint density at radius 2 is 1.93 bits per heavy atom. The van der Waals surface area contributed by atoms with E-state index in [4.69, 9.17) is 4.74 Å². The fourth-order valence-electron chi connectivity index (χ4n) is 3.90. The maximum Gasteiger partial charge on any atom is 0.243 e. The fraction of sp³-hybridized carbons (Fsp3) is 0.500. The zero-order valence-corrected chi connectivity index (χ0v) is 18.0. The summed E-state index contributed by atoms with van der Waals surface area (Å²) in [6.07, 6.45) is 5.82. The minimum Gasteiger partial charge on any atom is -0.497 e. The number of fused-ring (bicyclic) bond motifs is 1. The van der Waals surface area contributed by atoms with E-state index in [1.807, 2.05) is 0 Å². The number of nitrogens with one attached hydrogen (secondary N) is 1. The molecule has 9 heteroatoms. The van der Waals surface area contributed by atoms with Gasteiger partial charge in [0.15, 0.2) is 5.13 Å². The van der Waals surface area contributed by atoms with Gasteiger partial charge in [0, 0.05) is 23.8 Å². The normalized spacial score (nSPS) is 18.2. The third-order valence-electron chi connectivity index (χ3n) is 5.60. The van der Waals surface area contributed by atoms with E-state index in [1.165, 1.54) is 22.1 Å². The van der Waals surface area contributed by atoms with Crippen molar-refractivity contribution in [3.05, 3.63) is 34.8 Å². The van der Waals surface area contributed by atoms with Crippen molar-refractivity contribution in [2.24, 2.45) is 5.92 Å². The van der Waals surface area contributed by atoms with Crippen LogP contribution in [0.3, 0.4) is 0 Å². The maximum absolute atomic E-state index is 13.0. The standard InChI is InChI=1S/C20H25N3O4S2/c1-27-15-7-9-16(10-8-15)29(25,26)23-12-11-17-18(13-23)28-20(21-17)22-19(24)14-5-3-2-4-6-14/h7-10,14H,2-6,11-13H2,1H3,(H,21,22,24). The van der Waals surface area contributed by atoms with Crippen molar-refractivity contribution in [1.82, 2.24) is 9.29 Å². The van der Waals surface area contributed by atoms with Gasteiger partial charge >= 0.3 is 0 Å². The van der Waals surface area contributed by atoms with Crippen LogP contribution >= 0.6 is 11.3 Å². The van der Waals surface area contributed by atoms with Gasteiger partial charge in [0.05, 0.1) is 24.2 Å². The van der Waals surface area contributed by atoms with E-state index in [0.717, 1.165) is 36.3 Å². The quantitative estimate of drug-likeness (QED) is 0.777.